The van der Waals surface area contributed by atoms with Crippen LogP contribution < -0.4 is 16.2 Å². The summed E-state index contributed by atoms with van der Waals surface area (Å²) in [6.07, 6.45) is 5.19. The van der Waals surface area contributed by atoms with Gasteiger partial charge in [0.2, 0.25) is 11.9 Å². The monoisotopic (exact) mass is 407 g/mol. The maximum atomic E-state index is 13.0. The van der Waals surface area contributed by atoms with Crippen LogP contribution in [0.5, 0.6) is 0 Å². The summed E-state index contributed by atoms with van der Waals surface area (Å²) in [5.41, 5.74) is 6.55. The van der Waals surface area contributed by atoms with E-state index in [1.165, 1.54) is 6.20 Å². The van der Waals surface area contributed by atoms with Crippen molar-refractivity contribution < 1.29 is 14.0 Å². The number of Topliss-reactive ketones (excluding diaryl/α,β-unsaturated/α-hetero) is 1. The number of nitrogens with two attached hydrogens (primary N) is 1. The van der Waals surface area contributed by atoms with Gasteiger partial charge in [0.15, 0.2) is 11.4 Å². The Morgan fingerprint density at radius 3 is 2.73 bits per heavy atom. The second-order valence-electron chi connectivity index (χ2n) is 7.95. The van der Waals surface area contributed by atoms with Crippen LogP contribution >= 0.6 is 0 Å². The number of aromatic amines is 1. The zero-order valence-electron chi connectivity index (χ0n) is 16.3. The number of rotatable bonds is 3. The summed E-state index contributed by atoms with van der Waals surface area (Å²) in [6.45, 7) is 1.15. The second-order valence-corrected chi connectivity index (χ2v) is 7.95. The van der Waals surface area contributed by atoms with Gasteiger partial charge in [0, 0.05) is 43.1 Å². The molecule has 1 saturated heterocycles. The van der Waals surface area contributed by atoms with Crippen LogP contribution in [-0.2, 0) is 11.2 Å². The lowest BCUT2D eigenvalue weighted by Crippen LogP contribution is -2.40. The van der Waals surface area contributed by atoms with Gasteiger partial charge in [-0.15, -0.1) is 0 Å². The number of anilines is 1. The summed E-state index contributed by atoms with van der Waals surface area (Å²) in [5, 5.41) is 0.355. The van der Waals surface area contributed by atoms with Crippen molar-refractivity contribution in [3.63, 3.8) is 0 Å². The van der Waals surface area contributed by atoms with Crippen LogP contribution in [0.1, 0.15) is 46.9 Å². The van der Waals surface area contributed by atoms with Crippen molar-refractivity contribution in [3.05, 3.63) is 51.8 Å². The molecule has 9 heteroatoms. The largest absolute Gasteiger partial charge is 0.469 e. The number of carbonyl (C=O) groups excluding carboxylic acids is 2. The summed E-state index contributed by atoms with van der Waals surface area (Å²) < 4.78 is 5.49. The molecule has 30 heavy (non-hydrogen) atoms. The molecule has 1 fully saturated rings. The molecular formula is C21H21N5O4. The molecule has 9 nitrogen and oxygen atoms in total. The number of H-pyrrole nitrogens is 1. The highest BCUT2D eigenvalue weighted by molar-refractivity contribution is 6.02. The van der Waals surface area contributed by atoms with Gasteiger partial charge in [-0.25, -0.2) is 4.98 Å². The molecule has 0 spiro atoms. The Kier molecular flexibility index (Phi) is 4.38. The number of fused-ring (bicyclic) bond motifs is 3. The van der Waals surface area contributed by atoms with Gasteiger partial charge >= 0.3 is 0 Å². The lowest BCUT2D eigenvalue weighted by atomic mass is 9.81. The van der Waals surface area contributed by atoms with Crippen molar-refractivity contribution in [3.8, 4) is 0 Å². The molecule has 0 unspecified atom stereocenters. The number of ketones is 1. The minimum absolute atomic E-state index is 0.0518. The quantitative estimate of drug-likeness (QED) is 0.672. The number of carbonyl (C=O) groups is 2. The molecule has 2 aliphatic rings. The van der Waals surface area contributed by atoms with E-state index in [-0.39, 0.29) is 29.1 Å². The van der Waals surface area contributed by atoms with Gasteiger partial charge in [-0.2, -0.15) is 4.98 Å². The molecule has 1 aliphatic carbocycles. The maximum absolute atomic E-state index is 13.0. The van der Waals surface area contributed by atoms with Crippen molar-refractivity contribution in [2.75, 3.05) is 18.0 Å². The Hall–Kier alpha value is -3.49. The first-order valence-electron chi connectivity index (χ1n) is 10.0. The fourth-order valence-corrected chi connectivity index (χ4v) is 4.51. The number of pyridine rings is 1. The van der Waals surface area contributed by atoms with Crippen LogP contribution in [0.25, 0.3) is 11.0 Å². The molecule has 3 N–H and O–H groups in total. The molecule has 5 rings (SSSR count). The molecule has 3 aromatic rings. The normalized spacial score (nSPS) is 19.8. The minimum Gasteiger partial charge on any atom is -0.469 e. The van der Waals surface area contributed by atoms with E-state index in [0.717, 1.165) is 5.76 Å². The average molecular weight is 407 g/mol. The molecule has 1 amide bonds. The molecule has 0 saturated carbocycles. The van der Waals surface area contributed by atoms with E-state index in [1.54, 1.807) is 12.3 Å². The predicted octanol–water partition coefficient (Wildman–Crippen LogP) is 1.53. The van der Waals surface area contributed by atoms with E-state index in [2.05, 4.69) is 15.0 Å². The number of nitrogens with zero attached hydrogens (tertiary/aromatic N) is 3. The number of furan rings is 1. The van der Waals surface area contributed by atoms with Gasteiger partial charge in [0.1, 0.15) is 5.76 Å². The molecule has 0 aromatic carbocycles. The van der Waals surface area contributed by atoms with Crippen molar-refractivity contribution in [2.24, 2.45) is 11.7 Å². The summed E-state index contributed by atoms with van der Waals surface area (Å²) in [6, 6.07) is 3.64. The summed E-state index contributed by atoms with van der Waals surface area (Å²) in [5.74, 6) is 0.549. The Balaban J connectivity index is 1.52. The van der Waals surface area contributed by atoms with Gasteiger partial charge in [-0.05, 0) is 37.0 Å². The lowest BCUT2D eigenvalue weighted by Gasteiger charge is -2.31. The SMILES string of the molecule is NC(=O)C1CCN(c2nc3ncc4c(c3c(=O)[nH]2)C[C@H](c2ccco2)CC4=O)CC1. The molecule has 154 valence electrons. The third kappa shape index (κ3) is 3.06. The first-order valence-corrected chi connectivity index (χ1v) is 10.0. The predicted molar refractivity (Wildman–Crippen MR) is 108 cm³/mol. The van der Waals surface area contributed by atoms with E-state index >= 15 is 0 Å². The molecule has 3 aromatic heterocycles. The summed E-state index contributed by atoms with van der Waals surface area (Å²) >= 11 is 0. The number of hydrogen-bond acceptors (Lipinski definition) is 7. The fraction of sp³-hybridized carbons (Fsp3) is 0.381. The van der Waals surface area contributed by atoms with Crippen molar-refractivity contribution in [2.45, 2.75) is 31.6 Å². The lowest BCUT2D eigenvalue weighted by molar-refractivity contribution is -0.122. The van der Waals surface area contributed by atoms with E-state index in [4.69, 9.17) is 10.2 Å². The van der Waals surface area contributed by atoms with Crippen LogP contribution in [0.4, 0.5) is 5.95 Å². The molecule has 1 aliphatic heterocycles. The minimum atomic E-state index is -0.315. The first kappa shape index (κ1) is 18.5. The number of amides is 1. The molecule has 1 atom stereocenters. The number of aromatic nitrogens is 3. The van der Waals surface area contributed by atoms with Gasteiger partial charge in [0.25, 0.3) is 5.56 Å². The molecular weight excluding hydrogens is 386 g/mol. The number of piperidine rings is 1. The van der Waals surface area contributed by atoms with Crippen LogP contribution in [-0.4, -0.2) is 39.7 Å². The maximum Gasteiger partial charge on any atom is 0.262 e. The summed E-state index contributed by atoms with van der Waals surface area (Å²) in [4.78, 5) is 50.7. The zero-order chi connectivity index (χ0) is 20.8. The van der Waals surface area contributed by atoms with Gasteiger partial charge in [0.05, 0.1) is 11.6 Å². The fourth-order valence-electron chi connectivity index (χ4n) is 4.51. The Bertz CT molecular complexity index is 1190. The van der Waals surface area contributed by atoms with Gasteiger partial charge in [-0.3, -0.25) is 19.4 Å². The molecule has 0 radical (unpaired) electrons. The molecule has 0 bridgehead atoms. The topological polar surface area (TPSA) is 135 Å². The van der Waals surface area contributed by atoms with Crippen molar-refractivity contribution in [1.82, 2.24) is 15.0 Å². The third-order valence-electron chi connectivity index (χ3n) is 6.16. The van der Waals surface area contributed by atoms with E-state index in [1.807, 2.05) is 11.0 Å². The highest BCUT2D eigenvalue weighted by Gasteiger charge is 2.31. The van der Waals surface area contributed by atoms with E-state index in [9.17, 15) is 14.4 Å². The second kappa shape index (κ2) is 7.08. The Labute approximate surface area is 171 Å². The van der Waals surface area contributed by atoms with Crippen LogP contribution in [0.15, 0.2) is 33.8 Å². The zero-order valence-corrected chi connectivity index (χ0v) is 16.3. The highest BCUT2D eigenvalue weighted by Crippen LogP contribution is 2.35. The van der Waals surface area contributed by atoms with Crippen LogP contribution in [0.2, 0.25) is 0 Å². The van der Waals surface area contributed by atoms with E-state index < -0.39 is 0 Å². The van der Waals surface area contributed by atoms with Crippen LogP contribution in [0.3, 0.4) is 0 Å². The van der Waals surface area contributed by atoms with Crippen molar-refractivity contribution in [1.29, 1.82) is 0 Å². The Morgan fingerprint density at radius 1 is 1.23 bits per heavy atom. The number of primary amides is 1. The third-order valence-corrected chi connectivity index (χ3v) is 6.16. The number of nitrogens with one attached hydrogen (secondary N) is 1. The molecule has 4 heterocycles. The van der Waals surface area contributed by atoms with Crippen molar-refractivity contribution >= 4 is 28.7 Å². The van der Waals surface area contributed by atoms with Gasteiger partial charge < -0.3 is 15.1 Å². The van der Waals surface area contributed by atoms with Crippen LogP contribution in [0, 0.1) is 5.92 Å². The van der Waals surface area contributed by atoms with Gasteiger partial charge in [-0.1, -0.05) is 0 Å². The van der Waals surface area contributed by atoms with E-state index in [0.29, 0.717) is 66.9 Å². The standard InChI is InChI=1S/C21H21N5O4/c22-18(28)11-3-5-26(6-4-11)21-24-19-17(20(29)25-21)13-8-12(16-2-1-7-30-16)9-15(27)14(13)10-23-19/h1-2,7,10-12H,3-6,8-9H2,(H2,22,28)(H,23,24,25,29)/t12-/m0/s1. The highest BCUT2D eigenvalue weighted by atomic mass is 16.3. The smallest absolute Gasteiger partial charge is 0.262 e. The average Bonchev–Trinajstić information content (AvgIpc) is 3.28. The number of hydrogen-bond donors (Lipinski definition) is 2. The summed E-state index contributed by atoms with van der Waals surface area (Å²) in [7, 11) is 0. The Morgan fingerprint density at radius 2 is 2.03 bits per heavy atom. The first-order chi connectivity index (χ1) is 14.5.